The number of hydrogen-bond donors (Lipinski definition) is 1. The molecule has 25 heavy (non-hydrogen) atoms. The van der Waals surface area contributed by atoms with Crippen LogP contribution >= 0.6 is 0 Å². The van der Waals surface area contributed by atoms with E-state index in [2.05, 4.69) is 4.90 Å². The van der Waals surface area contributed by atoms with Crippen LogP contribution in [0.1, 0.15) is 12.8 Å². The smallest absolute Gasteiger partial charge is 0.243 e. The van der Waals surface area contributed by atoms with Crippen LogP contribution < -0.4 is 15.2 Å². The fourth-order valence-electron chi connectivity index (χ4n) is 3.01. The first kappa shape index (κ1) is 18.0. The fraction of sp³-hybridized carbons (Fsp3) is 0.562. The van der Waals surface area contributed by atoms with Crippen molar-refractivity contribution in [1.82, 2.24) is 9.21 Å². The van der Waals surface area contributed by atoms with Crippen LogP contribution in [-0.4, -0.2) is 69.5 Å². The number of rotatable bonds is 5. The van der Waals surface area contributed by atoms with Crippen LogP contribution in [0.5, 0.6) is 11.5 Å². The van der Waals surface area contributed by atoms with E-state index in [-0.39, 0.29) is 17.2 Å². The van der Waals surface area contributed by atoms with Crippen molar-refractivity contribution in [2.24, 2.45) is 5.73 Å². The Balaban J connectivity index is 1.71. The van der Waals surface area contributed by atoms with E-state index in [0.717, 1.165) is 6.54 Å². The minimum absolute atomic E-state index is 0.210. The van der Waals surface area contributed by atoms with Gasteiger partial charge in [-0.1, -0.05) is 0 Å². The highest BCUT2D eigenvalue weighted by molar-refractivity contribution is 7.89. The number of nitrogens with two attached hydrogens (primary N) is 1. The molecule has 1 amide bonds. The van der Waals surface area contributed by atoms with Crippen LogP contribution in [0.4, 0.5) is 0 Å². The Labute approximate surface area is 147 Å². The van der Waals surface area contributed by atoms with Gasteiger partial charge in [-0.15, -0.1) is 0 Å². The van der Waals surface area contributed by atoms with Crippen LogP contribution in [0.15, 0.2) is 23.1 Å². The van der Waals surface area contributed by atoms with Gasteiger partial charge in [0.15, 0.2) is 11.5 Å². The van der Waals surface area contributed by atoms with Gasteiger partial charge in [0.25, 0.3) is 0 Å². The Hall–Kier alpha value is -1.84. The standard InChI is InChI=1S/C16H23N3O5S/c17-16(20)4-7-18-5-1-6-19(9-8-18)25(21,22)13-2-3-14-15(12-13)24-11-10-23-14/h2-3,12H,1,4-11H2,(H2,17,20). The van der Waals surface area contributed by atoms with E-state index in [4.69, 9.17) is 15.2 Å². The average Bonchev–Trinajstić information content (AvgIpc) is 2.85. The molecule has 2 N–H and O–H groups in total. The molecule has 1 aromatic rings. The third kappa shape index (κ3) is 4.23. The lowest BCUT2D eigenvalue weighted by molar-refractivity contribution is -0.118. The lowest BCUT2D eigenvalue weighted by atomic mass is 10.3. The van der Waals surface area contributed by atoms with E-state index in [9.17, 15) is 13.2 Å². The van der Waals surface area contributed by atoms with Gasteiger partial charge in [-0.25, -0.2) is 8.42 Å². The highest BCUT2D eigenvalue weighted by Crippen LogP contribution is 2.33. The van der Waals surface area contributed by atoms with Crippen molar-refractivity contribution in [3.8, 4) is 11.5 Å². The van der Waals surface area contributed by atoms with Crippen molar-refractivity contribution in [2.45, 2.75) is 17.7 Å². The molecule has 0 aliphatic carbocycles. The van der Waals surface area contributed by atoms with Gasteiger partial charge in [0, 0.05) is 38.7 Å². The Morgan fingerprint density at radius 3 is 2.60 bits per heavy atom. The highest BCUT2D eigenvalue weighted by atomic mass is 32.2. The summed E-state index contributed by atoms with van der Waals surface area (Å²) < 4.78 is 38.3. The molecule has 138 valence electrons. The van der Waals surface area contributed by atoms with Crippen LogP contribution in [0.3, 0.4) is 0 Å². The minimum Gasteiger partial charge on any atom is -0.486 e. The number of hydrogen-bond acceptors (Lipinski definition) is 6. The van der Waals surface area contributed by atoms with Crippen molar-refractivity contribution >= 4 is 15.9 Å². The summed E-state index contributed by atoms with van der Waals surface area (Å²) in [5.74, 6) is 0.689. The number of carbonyl (C=O) groups is 1. The van der Waals surface area contributed by atoms with Crippen molar-refractivity contribution in [2.75, 3.05) is 45.9 Å². The summed E-state index contributed by atoms with van der Waals surface area (Å²) in [6, 6.07) is 4.72. The summed E-state index contributed by atoms with van der Waals surface area (Å²) in [6.45, 7) is 3.60. The Bertz CT molecular complexity index is 737. The van der Waals surface area contributed by atoms with Crippen molar-refractivity contribution in [1.29, 1.82) is 0 Å². The molecule has 3 rings (SSSR count). The van der Waals surface area contributed by atoms with Crippen molar-refractivity contribution in [3.05, 3.63) is 18.2 Å². The van der Waals surface area contributed by atoms with Crippen LogP contribution in [0, 0.1) is 0 Å². The van der Waals surface area contributed by atoms with Gasteiger partial charge in [-0.3, -0.25) is 4.79 Å². The lowest BCUT2D eigenvalue weighted by Crippen LogP contribution is -2.36. The molecule has 0 aromatic heterocycles. The predicted molar refractivity (Wildman–Crippen MR) is 91.1 cm³/mol. The highest BCUT2D eigenvalue weighted by Gasteiger charge is 2.28. The summed E-state index contributed by atoms with van der Waals surface area (Å²) in [6.07, 6.45) is 0.997. The topological polar surface area (TPSA) is 102 Å². The molecule has 0 radical (unpaired) electrons. The van der Waals surface area contributed by atoms with Gasteiger partial charge in [-0.2, -0.15) is 4.31 Å². The van der Waals surface area contributed by atoms with E-state index < -0.39 is 10.0 Å². The molecule has 8 nitrogen and oxygen atoms in total. The van der Waals surface area contributed by atoms with E-state index >= 15 is 0 Å². The maximum Gasteiger partial charge on any atom is 0.243 e. The Morgan fingerprint density at radius 2 is 1.84 bits per heavy atom. The maximum atomic E-state index is 12.9. The molecule has 0 bridgehead atoms. The first-order chi connectivity index (χ1) is 12.0. The molecule has 0 atom stereocenters. The second-order valence-corrected chi connectivity index (χ2v) is 8.06. The van der Waals surface area contributed by atoms with Gasteiger partial charge >= 0.3 is 0 Å². The molecule has 0 unspecified atom stereocenters. The van der Waals surface area contributed by atoms with Crippen molar-refractivity contribution < 1.29 is 22.7 Å². The Kier molecular flexibility index (Phi) is 5.45. The molecule has 1 saturated heterocycles. The number of fused-ring (bicyclic) bond motifs is 1. The zero-order valence-electron chi connectivity index (χ0n) is 14.0. The number of primary amides is 1. The van der Waals surface area contributed by atoms with Crippen molar-refractivity contribution in [3.63, 3.8) is 0 Å². The second kappa shape index (κ2) is 7.59. The summed E-state index contributed by atoms with van der Waals surface area (Å²) >= 11 is 0. The molecular formula is C16H23N3O5S. The first-order valence-corrected chi connectivity index (χ1v) is 9.81. The van der Waals surface area contributed by atoms with E-state index in [1.54, 1.807) is 12.1 Å². The zero-order valence-corrected chi connectivity index (χ0v) is 14.8. The average molecular weight is 369 g/mol. The largest absolute Gasteiger partial charge is 0.486 e. The number of amides is 1. The monoisotopic (exact) mass is 369 g/mol. The number of ether oxygens (including phenoxy) is 2. The molecule has 2 aliphatic heterocycles. The number of carbonyl (C=O) groups excluding carboxylic acids is 1. The van der Waals surface area contributed by atoms with Gasteiger partial charge in [0.05, 0.1) is 4.90 Å². The molecule has 2 aliphatic rings. The first-order valence-electron chi connectivity index (χ1n) is 8.37. The Morgan fingerprint density at radius 1 is 1.08 bits per heavy atom. The SMILES string of the molecule is NC(=O)CCN1CCCN(S(=O)(=O)c2ccc3c(c2)OCCO3)CC1. The van der Waals surface area contributed by atoms with E-state index in [1.165, 1.54) is 10.4 Å². The second-order valence-electron chi connectivity index (χ2n) is 6.12. The molecular weight excluding hydrogens is 346 g/mol. The lowest BCUT2D eigenvalue weighted by Gasteiger charge is -2.23. The number of nitrogens with zero attached hydrogens (tertiary/aromatic N) is 2. The molecule has 0 saturated carbocycles. The van der Waals surface area contributed by atoms with Crippen LogP contribution in [0.25, 0.3) is 0 Å². The summed E-state index contributed by atoms with van der Waals surface area (Å²) in [5.41, 5.74) is 5.18. The summed E-state index contributed by atoms with van der Waals surface area (Å²) in [5, 5.41) is 0. The molecule has 1 aromatic carbocycles. The van der Waals surface area contributed by atoms with Gasteiger partial charge < -0.3 is 20.1 Å². The van der Waals surface area contributed by atoms with E-state index in [1.807, 2.05) is 0 Å². The van der Waals surface area contributed by atoms with Gasteiger partial charge in [0.1, 0.15) is 13.2 Å². The van der Waals surface area contributed by atoms with E-state index in [0.29, 0.717) is 57.3 Å². The molecule has 9 heteroatoms. The fourth-order valence-corrected chi connectivity index (χ4v) is 4.50. The molecule has 2 heterocycles. The summed E-state index contributed by atoms with van der Waals surface area (Å²) in [7, 11) is -3.59. The molecule has 1 fully saturated rings. The number of benzene rings is 1. The summed E-state index contributed by atoms with van der Waals surface area (Å²) in [4.78, 5) is 13.2. The minimum atomic E-state index is -3.59. The van der Waals surface area contributed by atoms with Gasteiger partial charge in [0.2, 0.25) is 15.9 Å². The molecule has 0 spiro atoms. The van der Waals surface area contributed by atoms with Crippen LogP contribution in [-0.2, 0) is 14.8 Å². The quantitative estimate of drug-likeness (QED) is 0.786. The number of sulfonamides is 1. The maximum absolute atomic E-state index is 12.9. The normalized spacial score (nSPS) is 19.4. The van der Waals surface area contributed by atoms with Gasteiger partial charge in [-0.05, 0) is 25.1 Å². The van der Waals surface area contributed by atoms with Crippen LogP contribution in [0.2, 0.25) is 0 Å². The predicted octanol–water partition coefficient (Wildman–Crippen LogP) is 0.0296. The third-order valence-electron chi connectivity index (χ3n) is 4.37. The zero-order chi connectivity index (χ0) is 17.9. The third-order valence-corrected chi connectivity index (χ3v) is 6.27.